The zero-order valence-corrected chi connectivity index (χ0v) is 17.3. The molecule has 0 radical (unpaired) electrons. The molecule has 1 aliphatic rings. The summed E-state index contributed by atoms with van der Waals surface area (Å²) in [4.78, 5) is 23.2. The molecule has 3 heterocycles. The third-order valence-electron chi connectivity index (χ3n) is 4.70. The van der Waals surface area contributed by atoms with Crippen LogP contribution in [0.3, 0.4) is 0 Å². The van der Waals surface area contributed by atoms with Gasteiger partial charge in [0.1, 0.15) is 17.0 Å². The van der Waals surface area contributed by atoms with Crippen LogP contribution in [0.15, 0.2) is 22.6 Å². The number of aromatic nitrogens is 2. The van der Waals surface area contributed by atoms with Crippen LogP contribution in [0.4, 0.5) is 14.9 Å². The maximum Gasteiger partial charge on any atom is 0.321 e. The molecule has 2 amide bonds. The average molecular weight is 434 g/mol. The summed E-state index contributed by atoms with van der Waals surface area (Å²) in [5.74, 6) is -0.453. The Bertz CT molecular complexity index is 1100. The number of hydrogen-bond acceptors (Lipinski definition) is 6. The van der Waals surface area contributed by atoms with E-state index in [0.717, 1.165) is 0 Å². The highest BCUT2D eigenvalue weighted by molar-refractivity contribution is 6.29. The van der Waals surface area contributed by atoms with Crippen LogP contribution in [-0.2, 0) is 0 Å². The zero-order chi connectivity index (χ0) is 21.3. The van der Waals surface area contributed by atoms with Crippen molar-refractivity contribution in [1.82, 2.24) is 20.2 Å². The van der Waals surface area contributed by atoms with E-state index >= 15 is 4.39 Å². The first-order chi connectivity index (χ1) is 14.5. The van der Waals surface area contributed by atoms with Gasteiger partial charge in [-0.15, -0.1) is 0 Å². The van der Waals surface area contributed by atoms with Crippen molar-refractivity contribution in [3.05, 3.63) is 34.8 Å². The second-order valence-corrected chi connectivity index (χ2v) is 7.26. The van der Waals surface area contributed by atoms with E-state index in [4.69, 9.17) is 20.8 Å². The number of hydrogen-bond donors (Lipinski definition) is 2. The number of halogens is 2. The lowest BCUT2D eigenvalue weighted by atomic mass is 10.1. The SMILES string of the molecule is CCOc1nc2oc(Cl)cc2nc1-c1c(F)cc(C)cc1NC(=O)N1CCNCC1. The van der Waals surface area contributed by atoms with Gasteiger partial charge in [-0.05, 0) is 43.1 Å². The topological polar surface area (TPSA) is 92.5 Å². The smallest absolute Gasteiger partial charge is 0.321 e. The first kappa shape index (κ1) is 20.4. The molecular formula is C20H21ClFN5O3. The van der Waals surface area contributed by atoms with E-state index in [1.165, 1.54) is 12.1 Å². The van der Waals surface area contributed by atoms with Crippen molar-refractivity contribution in [2.45, 2.75) is 13.8 Å². The fourth-order valence-electron chi connectivity index (χ4n) is 3.36. The van der Waals surface area contributed by atoms with E-state index in [2.05, 4.69) is 20.6 Å². The van der Waals surface area contributed by atoms with Gasteiger partial charge in [0.15, 0.2) is 5.22 Å². The lowest BCUT2D eigenvalue weighted by molar-refractivity contribution is 0.204. The summed E-state index contributed by atoms with van der Waals surface area (Å²) in [6, 6.07) is 4.26. The molecular weight excluding hydrogens is 413 g/mol. The minimum absolute atomic E-state index is 0.0939. The number of carbonyl (C=O) groups excluding carboxylic acids is 1. The Kier molecular flexibility index (Phi) is 5.74. The molecule has 1 aliphatic heterocycles. The van der Waals surface area contributed by atoms with Crippen molar-refractivity contribution < 1.29 is 18.3 Å². The summed E-state index contributed by atoms with van der Waals surface area (Å²) in [5, 5.41) is 6.13. The van der Waals surface area contributed by atoms with Gasteiger partial charge in [0.2, 0.25) is 11.6 Å². The van der Waals surface area contributed by atoms with E-state index < -0.39 is 5.82 Å². The highest BCUT2D eigenvalue weighted by Gasteiger charge is 2.24. The third-order valence-corrected chi connectivity index (χ3v) is 4.89. The fraction of sp³-hybridized carbons (Fsp3) is 0.350. The van der Waals surface area contributed by atoms with E-state index in [-0.39, 0.29) is 40.7 Å². The van der Waals surface area contributed by atoms with Crippen molar-refractivity contribution in [3.63, 3.8) is 0 Å². The Labute approximate surface area is 177 Å². The van der Waals surface area contributed by atoms with Gasteiger partial charge < -0.3 is 24.7 Å². The Morgan fingerprint density at radius 2 is 2.10 bits per heavy atom. The quantitative estimate of drug-likeness (QED) is 0.649. The molecule has 158 valence electrons. The molecule has 10 heteroatoms. The van der Waals surface area contributed by atoms with E-state index in [0.29, 0.717) is 42.9 Å². The lowest BCUT2D eigenvalue weighted by Crippen LogP contribution is -2.48. The second-order valence-electron chi connectivity index (χ2n) is 6.89. The summed E-state index contributed by atoms with van der Waals surface area (Å²) in [6.45, 7) is 6.38. The maximum atomic E-state index is 15.2. The highest BCUT2D eigenvalue weighted by atomic mass is 35.5. The number of piperazine rings is 1. The average Bonchev–Trinajstić information content (AvgIpc) is 3.07. The van der Waals surface area contributed by atoms with Crippen LogP contribution in [0, 0.1) is 12.7 Å². The standard InChI is InChI=1S/C20H21ClFN5O3/c1-3-29-19-17(24-14-10-15(21)30-18(14)26-19)16-12(22)8-11(2)9-13(16)25-20(28)27-6-4-23-5-7-27/h8-10,23H,3-7H2,1-2H3,(H,25,28). The number of ether oxygens (including phenoxy) is 1. The number of nitrogens with one attached hydrogen (secondary N) is 2. The summed E-state index contributed by atoms with van der Waals surface area (Å²) >= 11 is 5.92. The van der Waals surface area contributed by atoms with E-state index in [9.17, 15) is 4.79 Å². The number of nitrogens with zero attached hydrogens (tertiary/aromatic N) is 3. The van der Waals surface area contributed by atoms with Crippen LogP contribution in [-0.4, -0.2) is 53.7 Å². The predicted octanol–water partition coefficient (Wildman–Crippen LogP) is 3.83. The first-order valence-corrected chi connectivity index (χ1v) is 10.0. The molecule has 2 aromatic heterocycles. The Balaban J connectivity index is 1.82. The van der Waals surface area contributed by atoms with E-state index in [1.54, 1.807) is 24.8 Å². The van der Waals surface area contributed by atoms with Gasteiger partial charge in [0, 0.05) is 32.2 Å². The summed E-state index contributed by atoms with van der Waals surface area (Å²) in [7, 11) is 0. The molecule has 4 rings (SSSR count). The van der Waals surface area contributed by atoms with Crippen LogP contribution in [0.5, 0.6) is 5.88 Å². The van der Waals surface area contributed by atoms with Crippen LogP contribution < -0.4 is 15.4 Å². The minimum Gasteiger partial charge on any atom is -0.476 e. The molecule has 1 fully saturated rings. The first-order valence-electron chi connectivity index (χ1n) is 9.63. The van der Waals surface area contributed by atoms with Gasteiger partial charge in [0.25, 0.3) is 0 Å². The van der Waals surface area contributed by atoms with Crippen molar-refractivity contribution in [2.24, 2.45) is 0 Å². The highest BCUT2D eigenvalue weighted by Crippen LogP contribution is 2.37. The molecule has 0 unspecified atom stereocenters. The number of furan rings is 1. The fourth-order valence-corrected chi connectivity index (χ4v) is 3.54. The van der Waals surface area contributed by atoms with Crippen LogP contribution >= 0.6 is 11.6 Å². The maximum absolute atomic E-state index is 15.2. The Morgan fingerprint density at radius 3 is 2.83 bits per heavy atom. The molecule has 3 aromatic rings. The predicted molar refractivity (Wildman–Crippen MR) is 112 cm³/mol. The number of urea groups is 1. The van der Waals surface area contributed by atoms with Crippen LogP contribution in [0.1, 0.15) is 12.5 Å². The van der Waals surface area contributed by atoms with Gasteiger partial charge in [-0.1, -0.05) is 0 Å². The van der Waals surface area contributed by atoms with Crippen molar-refractivity contribution >= 4 is 34.5 Å². The van der Waals surface area contributed by atoms with Crippen molar-refractivity contribution in [2.75, 3.05) is 38.1 Å². The molecule has 0 bridgehead atoms. The van der Waals surface area contributed by atoms with Gasteiger partial charge >= 0.3 is 6.03 Å². The zero-order valence-electron chi connectivity index (χ0n) is 16.6. The number of anilines is 1. The second kappa shape index (κ2) is 8.45. The molecule has 8 nitrogen and oxygen atoms in total. The van der Waals surface area contributed by atoms with E-state index in [1.807, 2.05) is 0 Å². The largest absolute Gasteiger partial charge is 0.476 e. The van der Waals surface area contributed by atoms with Gasteiger partial charge in [-0.2, -0.15) is 4.98 Å². The Hall–Kier alpha value is -2.91. The molecule has 0 saturated carbocycles. The molecule has 1 aromatic carbocycles. The van der Waals surface area contributed by atoms with Crippen molar-refractivity contribution in [1.29, 1.82) is 0 Å². The molecule has 0 atom stereocenters. The summed E-state index contributed by atoms with van der Waals surface area (Å²) in [5.41, 5.74) is 1.75. The number of amides is 2. The Morgan fingerprint density at radius 1 is 1.33 bits per heavy atom. The number of aryl methyl sites for hydroxylation is 1. The van der Waals surface area contributed by atoms with Gasteiger partial charge in [-0.3, -0.25) is 0 Å². The molecule has 30 heavy (non-hydrogen) atoms. The molecule has 2 N–H and O–H groups in total. The number of fused-ring (bicyclic) bond motifs is 1. The lowest BCUT2D eigenvalue weighted by Gasteiger charge is -2.28. The normalized spacial score (nSPS) is 14.2. The molecule has 1 saturated heterocycles. The summed E-state index contributed by atoms with van der Waals surface area (Å²) in [6.07, 6.45) is 0. The third kappa shape index (κ3) is 4.03. The van der Waals surface area contributed by atoms with Crippen LogP contribution in [0.25, 0.3) is 22.5 Å². The monoisotopic (exact) mass is 433 g/mol. The van der Waals surface area contributed by atoms with Crippen LogP contribution in [0.2, 0.25) is 5.22 Å². The minimum atomic E-state index is -0.546. The number of rotatable bonds is 4. The number of carbonyl (C=O) groups is 1. The molecule has 0 spiro atoms. The summed E-state index contributed by atoms with van der Waals surface area (Å²) < 4.78 is 26.1. The molecule has 0 aliphatic carbocycles. The van der Waals surface area contributed by atoms with Gasteiger partial charge in [0.05, 0.1) is 17.9 Å². The van der Waals surface area contributed by atoms with Gasteiger partial charge in [-0.25, -0.2) is 14.2 Å². The number of benzene rings is 1. The van der Waals surface area contributed by atoms with Crippen molar-refractivity contribution in [3.8, 4) is 17.1 Å².